The maximum atomic E-state index is 12.0. The summed E-state index contributed by atoms with van der Waals surface area (Å²) in [6, 6.07) is 5.49. The fraction of sp³-hybridized carbons (Fsp3) is 0.533. The lowest BCUT2D eigenvalue weighted by atomic mass is 10.2. The standard InChI is InChI=1S/C15H25N3OS/c1-5-18(6-2)9-10-20-14-11-12(7-8-13(14)16)15(19)17(3)4/h7-8,11H,5-6,9-10,16H2,1-4H3. The smallest absolute Gasteiger partial charge is 0.253 e. The molecule has 4 nitrogen and oxygen atoms in total. The van der Waals surface area contributed by atoms with Gasteiger partial charge in [-0.1, -0.05) is 13.8 Å². The van der Waals surface area contributed by atoms with Gasteiger partial charge in [0.2, 0.25) is 0 Å². The number of carbonyl (C=O) groups excluding carboxylic acids is 1. The van der Waals surface area contributed by atoms with Crippen LogP contribution in [0.4, 0.5) is 5.69 Å². The Bertz CT molecular complexity index is 445. The molecule has 0 aliphatic rings. The fourth-order valence-corrected chi connectivity index (χ4v) is 2.89. The SMILES string of the molecule is CCN(CC)CCSc1cc(C(=O)N(C)C)ccc1N. The molecule has 0 atom stereocenters. The minimum atomic E-state index is 0.00981. The van der Waals surface area contributed by atoms with Crippen molar-refractivity contribution in [2.75, 3.05) is 45.2 Å². The van der Waals surface area contributed by atoms with E-state index >= 15 is 0 Å². The lowest BCUT2D eigenvalue weighted by Crippen LogP contribution is -2.25. The number of hydrogen-bond donors (Lipinski definition) is 1. The van der Waals surface area contributed by atoms with E-state index in [0.717, 1.165) is 36.0 Å². The summed E-state index contributed by atoms with van der Waals surface area (Å²) in [6.45, 7) is 7.48. The second kappa shape index (κ2) is 8.17. The number of carbonyl (C=O) groups is 1. The fourth-order valence-electron chi connectivity index (χ4n) is 1.88. The summed E-state index contributed by atoms with van der Waals surface area (Å²) in [7, 11) is 3.51. The van der Waals surface area contributed by atoms with E-state index in [-0.39, 0.29) is 5.91 Å². The van der Waals surface area contributed by atoms with Crippen molar-refractivity contribution in [3.63, 3.8) is 0 Å². The number of amides is 1. The van der Waals surface area contributed by atoms with E-state index in [1.54, 1.807) is 36.8 Å². The molecule has 5 heteroatoms. The topological polar surface area (TPSA) is 49.6 Å². The highest BCUT2D eigenvalue weighted by Gasteiger charge is 2.10. The summed E-state index contributed by atoms with van der Waals surface area (Å²) < 4.78 is 0. The molecule has 0 aromatic heterocycles. The molecule has 0 fully saturated rings. The zero-order valence-electron chi connectivity index (χ0n) is 12.8. The van der Waals surface area contributed by atoms with E-state index in [0.29, 0.717) is 5.56 Å². The summed E-state index contributed by atoms with van der Waals surface area (Å²) in [6.07, 6.45) is 0. The van der Waals surface area contributed by atoms with Crippen LogP contribution in [0, 0.1) is 0 Å². The predicted octanol–water partition coefficient (Wildman–Crippen LogP) is 2.40. The van der Waals surface area contributed by atoms with Gasteiger partial charge in [0.15, 0.2) is 0 Å². The Morgan fingerprint density at radius 2 is 1.90 bits per heavy atom. The van der Waals surface area contributed by atoms with Gasteiger partial charge in [-0.2, -0.15) is 0 Å². The molecule has 0 bridgehead atoms. The van der Waals surface area contributed by atoms with E-state index in [9.17, 15) is 4.79 Å². The Morgan fingerprint density at radius 1 is 1.25 bits per heavy atom. The molecule has 1 amide bonds. The van der Waals surface area contributed by atoms with Gasteiger partial charge < -0.3 is 15.5 Å². The molecule has 0 radical (unpaired) electrons. The van der Waals surface area contributed by atoms with Crippen LogP contribution < -0.4 is 5.73 Å². The van der Waals surface area contributed by atoms with Crippen molar-refractivity contribution < 1.29 is 4.79 Å². The van der Waals surface area contributed by atoms with Crippen LogP contribution in [0.15, 0.2) is 23.1 Å². The molecule has 112 valence electrons. The Balaban J connectivity index is 2.70. The van der Waals surface area contributed by atoms with Crippen LogP contribution in [0.3, 0.4) is 0 Å². The molecule has 0 heterocycles. The molecule has 0 aliphatic carbocycles. The lowest BCUT2D eigenvalue weighted by molar-refractivity contribution is 0.0827. The summed E-state index contributed by atoms with van der Waals surface area (Å²) in [4.78, 5) is 16.9. The Hall–Kier alpha value is -1.20. The highest BCUT2D eigenvalue weighted by Crippen LogP contribution is 2.26. The number of nitrogen functional groups attached to an aromatic ring is 1. The summed E-state index contributed by atoms with van der Waals surface area (Å²) in [5, 5.41) is 0. The molecule has 1 aromatic carbocycles. The van der Waals surface area contributed by atoms with Gasteiger partial charge in [-0.05, 0) is 31.3 Å². The zero-order valence-corrected chi connectivity index (χ0v) is 13.7. The maximum absolute atomic E-state index is 12.0. The third-order valence-corrected chi connectivity index (χ3v) is 4.28. The third kappa shape index (κ3) is 4.72. The number of benzene rings is 1. The number of nitrogens with two attached hydrogens (primary N) is 1. The molecular formula is C15H25N3OS. The van der Waals surface area contributed by atoms with Crippen LogP contribution in [0.25, 0.3) is 0 Å². The molecule has 0 unspecified atom stereocenters. The second-order valence-corrected chi connectivity index (χ2v) is 5.96. The number of thioether (sulfide) groups is 1. The van der Waals surface area contributed by atoms with E-state index in [1.807, 2.05) is 12.1 Å². The normalized spacial score (nSPS) is 10.8. The average molecular weight is 295 g/mol. The van der Waals surface area contributed by atoms with Gasteiger partial charge in [-0.3, -0.25) is 4.79 Å². The van der Waals surface area contributed by atoms with Crippen molar-refractivity contribution >= 4 is 23.4 Å². The molecule has 0 aliphatic heterocycles. The van der Waals surface area contributed by atoms with E-state index in [2.05, 4.69) is 18.7 Å². The Kier molecular flexibility index (Phi) is 6.88. The monoisotopic (exact) mass is 295 g/mol. The van der Waals surface area contributed by atoms with Crippen LogP contribution >= 0.6 is 11.8 Å². The third-order valence-electron chi connectivity index (χ3n) is 3.23. The molecular weight excluding hydrogens is 270 g/mol. The number of anilines is 1. The largest absolute Gasteiger partial charge is 0.398 e. The summed E-state index contributed by atoms with van der Waals surface area (Å²) in [5.74, 6) is 0.987. The van der Waals surface area contributed by atoms with Gasteiger partial charge in [0.1, 0.15) is 0 Å². The number of rotatable bonds is 7. The number of hydrogen-bond acceptors (Lipinski definition) is 4. The predicted molar refractivity (Wildman–Crippen MR) is 87.4 cm³/mol. The molecule has 2 N–H and O–H groups in total. The Labute approximate surface area is 126 Å². The van der Waals surface area contributed by atoms with E-state index in [1.165, 1.54) is 0 Å². The van der Waals surface area contributed by atoms with Crippen molar-refractivity contribution in [1.82, 2.24) is 9.80 Å². The molecule has 20 heavy (non-hydrogen) atoms. The Morgan fingerprint density at radius 3 is 2.45 bits per heavy atom. The van der Waals surface area contributed by atoms with Gasteiger partial charge in [0.05, 0.1) is 0 Å². The van der Waals surface area contributed by atoms with Crippen LogP contribution in [0.2, 0.25) is 0 Å². The van der Waals surface area contributed by atoms with Gasteiger partial charge >= 0.3 is 0 Å². The van der Waals surface area contributed by atoms with Crippen molar-refractivity contribution in [2.24, 2.45) is 0 Å². The van der Waals surface area contributed by atoms with Gasteiger partial charge in [0, 0.05) is 42.5 Å². The molecule has 0 saturated heterocycles. The molecule has 0 saturated carbocycles. The van der Waals surface area contributed by atoms with Crippen LogP contribution in [-0.4, -0.2) is 55.2 Å². The first-order chi connectivity index (χ1) is 9.49. The molecule has 1 rings (SSSR count). The highest BCUT2D eigenvalue weighted by atomic mass is 32.2. The maximum Gasteiger partial charge on any atom is 0.253 e. The summed E-state index contributed by atoms with van der Waals surface area (Å²) >= 11 is 1.71. The quantitative estimate of drug-likeness (QED) is 0.620. The van der Waals surface area contributed by atoms with Crippen LogP contribution in [-0.2, 0) is 0 Å². The van der Waals surface area contributed by atoms with Gasteiger partial charge in [-0.15, -0.1) is 11.8 Å². The molecule has 0 spiro atoms. The van der Waals surface area contributed by atoms with Gasteiger partial charge in [0.25, 0.3) is 5.91 Å². The highest BCUT2D eigenvalue weighted by molar-refractivity contribution is 7.99. The van der Waals surface area contributed by atoms with Crippen molar-refractivity contribution in [1.29, 1.82) is 0 Å². The van der Waals surface area contributed by atoms with Crippen molar-refractivity contribution in [2.45, 2.75) is 18.7 Å². The molecule has 1 aromatic rings. The first-order valence-corrected chi connectivity index (χ1v) is 7.94. The van der Waals surface area contributed by atoms with E-state index in [4.69, 9.17) is 5.73 Å². The van der Waals surface area contributed by atoms with Crippen molar-refractivity contribution in [3.05, 3.63) is 23.8 Å². The zero-order chi connectivity index (χ0) is 15.1. The van der Waals surface area contributed by atoms with Crippen LogP contribution in [0.5, 0.6) is 0 Å². The van der Waals surface area contributed by atoms with E-state index < -0.39 is 0 Å². The second-order valence-electron chi connectivity index (χ2n) is 4.83. The first-order valence-electron chi connectivity index (χ1n) is 6.95. The minimum Gasteiger partial charge on any atom is -0.398 e. The minimum absolute atomic E-state index is 0.00981. The van der Waals surface area contributed by atoms with Gasteiger partial charge in [-0.25, -0.2) is 0 Å². The lowest BCUT2D eigenvalue weighted by Gasteiger charge is -2.18. The average Bonchev–Trinajstić information content (AvgIpc) is 2.44. The number of nitrogens with zero attached hydrogens (tertiary/aromatic N) is 2. The summed E-state index contributed by atoms with van der Waals surface area (Å²) in [5.41, 5.74) is 7.42. The first kappa shape index (κ1) is 16.9. The van der Waals surface area contributed by atoms with Crippen LogP contribution in [0.1, 0.15) is 24.2 Å². The van der Waals surface area contributed by atoms with Crippen molar-refractivity contribution in [3.8, 4) is 0 Å².